The molecule has 1 saturated carbocycles. The Kier molecular flexibility index (Phi) is 8.63. The molecule has 1 aromatic heterocycles. The summed E-state index contributed by atoms with van der Waals surface area (Å²) in [5, 5.41) is 5.99. The van der Waals surface area contributed by atoms with Crippen molar-refractivity contribution in [2.75, 3.05) is 13.6 Å². The first-order chi connectivity index (χ1) is 17.8. The standard InChI is InChI=1S/C28H36FN5O3/c1-17(30-3)27(36)33-25(19-8-5-4-6-9-19)28(37)34-15-7-10-24(34)22-16-23(32-18(2)31-22)26(35)20-11-13-21(29)14-12-20/h11-14,16-17,19,24-25,30H,4-10,15H2,1-3H3,(H,33,36)/t17?,24?,25-/m0/s1. The van der Waals surface area contributed by atoms with Crippen LogP contribution >= 0.6 is 0 Å². The van der Waals surface area contributed by atoms with Gasteiger partial charge in [-0.2, -0.15) is 0 Å². The number of nitrogens with zero attached hydrogens (tertiary/aromatic N) is 3. The smallest absolute Gasteiger partial charge is 0.246 e. The molecule has 3 atom stereocenters. The van der Waals surface area contributed by atoms with Gasteiger partial charge in [0.15, 0.2) is 0 Å². The SMILES string of the molecule is CNC(C)C(=O)N[C@H](C(=O)N1CCCC1c1cc(C(=O)c2ccc(F)cc2)nc(C)n1)C1CCCCC1. The summed E-state index contributed by atoms with van der Waals surface area (Å²) in [5.41, 5.74) is 1.16. The molecule has 1 saturated heterocycles. The van der Waals surface area contributed by atoms with E-state index in [1.807, 2.05) is 4.90 Å². The monoisotopic (exact) mass is 509 g/mol. The van der Waals surface area contributed by atoms with Crippen molar-refractivity contribution in [3.63, 3.8) is 0 Å². The highest BCUT2D eigenvalue weighted by Crippen LogP contribution is 2.35. The lowest BCUT2D eigenvalue weighted by molar-refractivity contribution is -0.139. The van der Waals surface area contributed by atoms with E-state index in [9.17, 15) is 18.8 Å². The summed E-state index contributed by atoms with van der Waals surface area (Å²) in [6.45, 7) is 4.06. The third-order valence-corrected chi connectivity index (χ3v) is 7.59. The van der Waals surface area contributed by atoms with E-state index in [-0.39, 0.29) is 35.3 Å². The number of halogens is 1. The molecule has 2 amide bonds. The van der Waals surface area contributed by atoms with Crippen molar-refractivity contribution < 1.29 is 18.8 Å². The van der Waals surface area contributed by atoms with Gasteiger partial charge in [-0.3, -0.25) is 14.4 Å². The lowest BCUT2D eigenvalue weighted by Gasteiger charge is -2.35. The van der Waals surface area contributed by atoms with E-state index in [4.69, 9.17) is 0 Å². The van der Waals surface area contributed by atoms with E-state index in [0.29, 0.717) is 30.0 Å². The molecule has 9 heteroatoms. The number of ketones is 1. The first-order valence-electron chi connectivity index (χ1n) is 13.2. The molecule has 2 aromatic rings. The molecular weight excluding hydrogens is 473 g/mol. The van der Waals surface area contributed by atoms with Gasteiger partial charge < -0.3 is 15.5 Å². The molecule has 8 nitrogen and oxygen atoms in total. The fourth-order valence-electron chi connectivity index (χ4n) is 5.40. The molecule has 0 bridgehead atoms. The Morgan fingerprint density at radius 1 is 1.03 bits per heavy atom. The quantitative estimate of drug-likeness (QED) is 0.528. The summed E-state index contributed by atoms with van der Waals surface area (Å²) in [5.74, 6) is -0.489. The zero-order valence-electron chi connectivity index (χ0n) is 21.8. The zero-order valence-corrected chi connectivity index (χ0v) is 21.8. The van der Waals surface area contributed by atoms with E-state index in [2.05, 4.69) is 20.6 Å². The van der Waals surface area contributed by atoms with Gasteiger partial charge in [-0.25, -0.2) is 14.4 Å². The minimum Gasteiger partial charge on any atom is -0.343 e. The Morgan fingerprint density at radius 3 is 2.41 bits per heavy atom. The fourth-order valence-corrected chi connectivity index (χ4v) is 5.40. The van der Waals surface area contributed by atoms with Crippen LogP contribution < -0.4 is 10.6 Å². The van der Waals surface area contributed by atoms with Gasteiger partial charge in [-0.05, 0) is 82.8 Å². The summed E-state index contributed by atoms with van der Waals surface area (Å²) in [6, 6.07) is 5.70. The molecule has 1 aliphatic carbocycles. The number of carbonyl (C=O) groups is 3. The highest BCUT2D eigenvalue weighted by atomic mass is 19.1. The number of rotatable bonds is 8. The van der Waals surface area contributed by atoms with E-state index in [0.717, 1.165) is 38.5 Å². The van der Waals surface area contributed by atoms with Crippen LogP contribution in [0.2, 0.25) is 0 Å². The number of hydrogen-bond donors (Lipinski definition) is 2. The summed E-state index contributed by atoms with van der Waals surface area (Å²) in [7, 11) is 1.72. The maximum atomic E-state index is 14.0. The number of aryl methyl sites for hydroxylation is 1. The molecule has 0 radical (unpaired) electrons. The summed E-state index contributed by atoms with van der Waals surface area (Å²) in [4.78, 5) is 50.6. The van der Waals surface area contributed by atoms with Gasteiger partial charge >= 0.3 is 0 Å². The first kappa shape index (κ1) is 26.9. The number of benzene rings is 1. The second-order valence-corrected chi connectivity index (χ2v) is 10.1. The topological polar surface area (TPSA) is 104 Å². The minimum atomic E-state index is -0.590. The van der Waals surface area contributed by atoms with Crippen molar-refractivity contribution in [2.24, 2.45) is 5.92 Å². The molecule has 4 rings (SSSR count). The number of amides is 2. The van der Waals surface area contributed by atoms with E-state index in [1.165, 1.54) is 24.3 Å². The van der Waals surface area contributed by atoms with Gasteiger partial charge in [0.25, 0.3) is 0 Å². The molecule has 2 N–H and O–H groups in total. The Bertz CT molecular complexity index is 1130. The lowest BCUT2D eigenvalue weighted by Crippen LogP contribution is -2.55. The van der Waals surface area contributed by atoms with Gasteiger partial charge in [0, 0.05) is 12.1 Å². The van der Waals surface area contributed by atoms with E-state index in [1.54, 1.807) is 27.0 Å². The largest absolute Gasteiger partial charge is 0.343 e. The molecule has 2 heterocycles. The summed E-state index contributed by atoms with van der Waals surface area (Å²) in [6.07, 6.45) is 6.59. The first-order valence-corrected chi connectivity index (χ1v) is 13.2. The molecule has 1 aromatic carbocycles. The molecule has 37 heavy (non-hydrogen) atoms. The number of hydrogen-bond acceptors (Lipinski definition) is 6. The maximum Gasteiger partial charge on any atom is 0.246 e. The fraction of sp³-hybridized carbons (Fsp3) is 0.536. The van der Waals surface area contributed by atoms with Crippen LogP contribution in [0.5, 0.6) is 0 Å². The van der Waals surface area contributed by atoms with E-state index >= 15 is 0 Å². The normalized spacial score (nSPS) is 19.9. The van der Waals surface area contributed by atoms with Crippen LogP contribution in [0.1, 0.15) is 85.5 Å². The van der Waals surface area contributed by atoms with Crippen LogP contribution in [0, 0.1) is 18.7 Å². The third-order valence-electron chi connectivity index (χ3n) is 7.59. The maximum absolute atomic E-state index is 14.0. The van der Waals surface area contributed by atoms with Gasteiger partial charge in [0.05, 0.1) is 17.8 Å². The lowest BCUT2D eigenvalue weighted by atomic mass is 9.83. The van der Waals surface area contributed by atoms with Crippen LogP contribution in [0.25, 0.3) is 0 Å². The van der Waals surface area contributed by atoms with Gasteiger partial charge in [0.1, 0.15) is 23.4 Å². The molecule has 2 fully saturated rings. The second-order valence-electron chi connectivity index (χ2n) is 10.1. The van der Waals surface area contributed by atoms with Crippen LogP contribution in [0.15, 0.2) is 30.3 Å². The summed E-state index contributed by atoms with van der Waals surface area (Å²) >= 11 is 0. The van der Waals surface area contributed by atoms with E-state index < -0.39 is 17.9 Å². The molecule has 0 spiro atoms. The Balaban J connectivity index is 1.60. The van der Waals surface area contributed by atoms with Crippen LogP contribution in [0.4, 0.5) is 4.39 Å². The minimum absolute atomic E-state index is 0.0891. The molecular formula is C28H36FN5O3. The average Bonchev–Trinajstić information content (AvgIpc) is 3.41. The highest BCUT2D eigenvalue weighted by molar-refractivity contribution is 6.07. The molecule has 2 aliphatic rings. The predicted octanol–water partition coefficient (Wildman–Crippen LogP) is 3.49. The molecule has 1 aliphatic heterocycles. The Hall–Kier alpha value is -3.20. The van der Waals surface area contributed by atoms with Gasteiger partial charge in [-0.15, -0.1) is 0 Å². The molecule has 198 valence electrons. The van der Waals surface area contributed by atoms with Crippen molar-refractivity contribution in [3.8, 4) is 0 Å². The third kappa shape index (κ3) is 6.21. The second kappa shape index (κ2) is 11.9. The van der Waals surface area contributed by atoms with Crippen molar-refractivity contribution in [2.45, 2.75) is 76.9 Å². The van der Waals surface area contributed by atoms with Crippen LogP contribution in [0.3, 0.4) is 0 Å². The van der Waals surface area contributed by atoms with Crippen LogP contribution in [-0.2, 0) is 9.59 Å². The summed E-state index contributed by atoms with van der Waals surface area (Å²) < 4.78 is 13.3. The van der Waals surface area contributed by atoms with Gasteiger partial charge in [-0.1, -0.05) is 19.3 Å². The van der Waals surface area contributed by atoms with Crippen molar-refractivity contribution >= 4 is 17.6 Å². The van der Waals surface area contributed by atoms with Crippen molar-refractivity contribution in [1.82, 2.24) is 25.5 Å². The van der Waals surface area contributed by atoms with Crippen molar-refractivity contribution in [3.05, 3.63) is 58.9 Å². The highest BCUT2D eigenvalue weighted by Gasteiger charge is 2.39. The number of likely N-dealkylation sites (tertiary alicyclic amines) is 1. The number of aromatic nitrogens is 2. The number of carbonyl (C=O) groups excluding carboxylic acids is 3. The van der Waals surface area contributed by atoms with Crippen molar-refractivity contribution in [1.29, 1.82) is 0 Å². The molecule has 2 unspecified atom stereocenters. The number of likely N-dealkylation sites (N-methyl/N-ethyl adjacent to an activating group) is 1. The Morgan fingerprint density at radius 2 is 1.73 bits per heavy atom. The average molecular weight is 510 g/mol. The number of nitrogens with one attached hydrogen (secondary N) is 2. The Labute approximate surface area is 217 Å². The zero-order chi connectivity index (χ0) is 26.5. The van der Waals surface area contributed by atoms with Crippen LogP contribution in [-0.4, -0.2) is 58.1 Å². The predicted molar refractivity (Wildman–Crippen MR) is 137 cm³/mol. The van der Waals surface area contributed by atoms with Gasteiger partial charge in [0.2, 0.25) is 17.6 Å².